The van der Waals surface area contributed by atoms with E-state index in [1.54, 1.807) is 11.8 Å². The summed E-state index contributed by atoms with van der Waals surface area (Å²) >= 11 is 3.02. The van der Waals surface area contributed by atoms with Gasteiger partial charge in [0.1, 0.15) is 28.5 Å². The minimum Gasteiger partial charge on any atom is -0.354 e. The molecule has 0 bridgehead atoms. The van der Waals surface area contributed by atoms with Gasteiger partial charge in [-0.3, -0.25) is 0 Å². The number of likely N-dealkylation sites (N-methyl/N-ethyl adjacent to an activating group) is 1. The summed E-state index contributed by atoms with van der Waals surface area (Å²) in [6.07, 6.45) is 2.95. The lowest BCUT2D eigenvalue weighted by molar-refractivity contribution is 0.360. The van der Waals surface area contributed by atoms with Crippen LogP contribution in [0.25, 0.3) is 0 Å². The van der Waals surface area contributed by atoms with Gasteiger partial charge in [-0.25, -0.2) is 4.98 Å². The lowest BCUT2D eigenvalue weighted by Gasteiger charge is -2.24. The molecule has 0 spiro atoms. The fourth-order valence-corrected chi connectivity index (χ4v) is 5.33. The Kier molecular flexibility index (Phi) is 8.62. The third-order valence-corrected chi connectivity index (χ3v) is 7.19. The zero-order chi connectivity index (χ0) is 22.2. The molecule has 0 radical (unpaired) electrons. The maximum Gasteiger partial charge on any atom is 0.149 e. The standard InChI is InChI=1S/C23H28N6S2/c1-26-15-17-5-7-18(8-6-17)16-31-23-20(14-25)21(30-3)19(13-24)22(27-23)29-10-4-9-28(2)11-12-29/h5-8,26H,4,9-12,15-16H2,1-3H3. The van der Waals surface area contributed by atoms with E-state index in [2.05, 4.69) is 58.6 Å². The van der Waals surface area contributed by atoms with Gasteiger partial charge in [-0.2, -0.15) is 10.5 Å². The first kappa shape index (κ1) is 23.4. The molecular formula is C23H28N6S2. The second-order valence-electron chi connectivity index (χ2n) is 7.53. The third-order valence-electron chi connectivity index (χ3n) is 5.33. The van der Waals surface area contributed by atoms with E-state index >= 15 is 0 Å². The minimum atomic E-state index is 0.511. The van der Waals surface area contributed by atoms with Gasteiger partial charge >= 0.3 is 0 Å². The molecule has 0 atom stereocenters. The molecule has 0 aliphatic carbocycles. The Morgan fingerprint density at radius 3 is 2.39 bits per heavy atom. The molecule has 1 N–H and O–H groups in total. The maximum atomic E-state index is 9.91. The molecule has 2 aromatic rings. The second kappa shape index (κ2) is 11.4. The van der Waals surface area contributed by atoms with Gasteiger partial charge in [0.25, 0.3) is 0 Å². The van der Waals surface area contributed by atoms with E-state index in [0.717, 1.165) is 49.8 Å². The van der Waals surface area contributed by atoms with Crippen molar-refractivity contribution >= 4 is 29.3 Å². The molecule has 2 heterocycles. The number of aromatic nitrogens is 1. The van der Waals surface area contributed by atoms with Crippen LogP contribution in [-0.4, -0.2) is 56.4 Å². The zero-order valence-corrected chi connectivity index (χ0v) is 19.9. The molecule has 6 nitrogen and oxygen atoms in total. The Bertz CT molecular complexity index is 978. The molecule has 8 heteroatoms. The number of nitriles is 2. The Balaban J connectivity index is 1.93. The number of hydrogen-bond donors (Lipinski definition) is 1. The van der Waals surface area contributed by atoms with Crippen LogP contribution in [0.1, 0.15) is 28.7 Å². The number of thioether (sulfide) groups is 2. The van der Waals surface area contributed by atoms with Crippen LogP contribution in [0.15, 0.2) is 34.2 Å². The van der Waals surface area contributed by atoms with Crippen LogP contribution >= 0.6 is 23.5 Å². The van der Waals surface area contributed by atoms with Crippen LogP contribution in [0.5, 0.6) is 0 Å². The number of anilines is 1. The first-order valence-corrected chi connectivity index (χ1v) is 12.5. The van der Waals surface area contributed by atoms with E-state index < -0.39 is 0 Å². The van der Waals surface area contributed by atoms with Crippen LogP contribution in [-0.2, 0) is 12.3 Å². The van der Waals surface area contributed by atoms with Crippen molar-refractivity contribution in [1.82, 2.24) is 15.2 Å². The molecular weight excluding hydrogens is 424 g/mol. The summed E-state index contributed by atoms with van der Waals surface area (Å²) in [6, 6.07) is 13.1. The average molecular weight is 453 g/mol. The van der Waals surface area contributed by atoms with Gasteiger partial charge in [-0.15, -0.1) is 23.5 Å². The molecule has 0 amide bonds. The summed E-state index contributed by atoms with van der Waals surface area (Å²) in [5, 5.41) is 23.6. The van der Waals surface area contributed by atoms with E-state index in [0.29, 0.717) is 22.0 Å². The zero-order valence-electron chi connectivity index (χ0n) is 18.3. The number of nitrogens with zero attached hydrogens (tertiary/aromatic N) is 5. The first-order chi connectivity index (χ1) is 15.1. The quantitative estimate of drug-likeness (QED) is 0.637. The van der Waals surface area contributed by atoms with E-state index in [1.165, 1.54) is 22.9 Å². The highest BCUT2D eigenvalue weighted by molar-refractivity contribution is 7.99. The van der Waals surface area contributed by atoms with Crippen molar-refractivity contribution in [3.63, 3.8) is 0 Å². The Morgan fingerprint density at radius 2 is 1.74 bits per heavy atom. The number of hydrogen-bond acceptors (Lipinski definition) is 8. The van der Waals surface area contributed by atoms with Crippen LogP contribution in [0.3, 0.4) is 0 Å². The largest absolute Gasteiger partial charge is 0.354 e. The summed E-state index contributed by atoms with van der Waals surface area (Å²) in [5.41, 5.74) is 3.46. The molecule has 1 fully saturated rings. The first-order valence-electron chi connectivity index (χ1n) is 10.3. The number of rotatable bonds is 7. The molecule has 1 aliphatic rings. The van der Waals surface area contributed by atoms with Crippen molar-refractivity contribution in [1.29, 1.82) is 10.5 Å². The molecule has 162 valence electrons. The lowest BCUT2D eigenvalue weighted by atomic mass is 10.1. The highest BCUT2D eigenvalue weighted by atomic mass is 32.2. The summed E-state index contributed by atoms with van der Waals surface area (Å²) in [5.74, 6) is 1.44. The van der Waals surface area contributed by atoms with Crippen LogP contribution in [0.4, 0.5) is 5.82 Å². The van der Waals surface area contributed by atoms with Crippen molar-refractivity contribution in [2.45, 2.75) is 28.6 Å². The predicted molar refractivity (Wildman–Crippen MR) is 129 cm³/mol. The van der Waals surface area contributed by atoms with Gasteiger partial charge in [0.05, 0.1) is 5.56 Å². The van der Waals surface area contributed by atoms with Crippen molar-refractivity contribution in [2.24, 2.45) is 0 Å². The Morgan fingerprint density at radius 1 is 1.03 bits per heavy atom. The SMILES string of the molecule is CNCc1ccc(CSc2nc(N3CCCN(C)CC3)c(C#N)c(SC)c2C#N)cc1. The van der Waals surface area contributed by atoms with Crippen LogP contribution < -0.4 is 10.2 Å². The van der Waals surface area contributed by atoms with E-state index in [1.807, 2.05) is 13.3 Å². The van der Waals surface area contributed by atoms with Crippen molar-refractivity contribution in [3.8, 4) is 12.1 Å². The maximum absolute atomic E-state index is 9.91. The molecule has 1 aliphatic heterocycles. The predicted octanol–water partition coefficient (Wildman–Crippen LogP) is 3.70. The van der Waals surface area contributed by atoms with Crippen molar-refractivity contribution < 1.29 is 0 Å². The fourth-order valence-electron chi connectivity index (χ4n) is 3.64. The van der Waals surface area contributed by atoms with Crippen LogP contribution in [0, 0.1) is 22.7 Å². The molecule has 0 unspecified atom stereocenters. The summed E-state index contributed by atoms with van der Waals surface area (Å²) in [7, 11) is 4.06. The highest BCUT2D eigenvalue weighted by Gasteiger charge is 2.24. The van der Waals surface area contributed by atoms with Gasteiger partial charge in [0, 0.05) is 36.8 Å². The number of pyridine rings is 1. The lowest BCUT2D eigenvalue weighted by Crippen LogP contribution is -2.30. The van der Waals surface area contributed by atoms with Crippen molar-refractivity contribution in [3.05, 3.63) is 46.5 Å². The summed E-state index contributed by atoms with van der Waals surface area (Å²) in [4.78, 5) is 10.1. The monoisotopic (exact) mass is 452 g/mol. The fraction of sp³-hybridized carbons (Fsp3) is 0.435. The van der Waals surface area contributed by atoms with E-state index in [9.17, 15) is 10.5 Å². The average Bonchev–Trinajstić information content (AvgIpc) is 3.01. The third kappa shape index (κ3) is 5.72. The summed E-state index contributed by atoms with van der Waals surface area (Å²) < 4.78 is 0. The Hall–Kier alpha value is -2.23. The van der Waals surface area contributed by atoms with E-state index in [-0.39, 0.29) is 0 Å². The van der Waals surface area contributed by atoms with E-state index in [4.69, 9.17) is 4.98 Å². The molecule has 1 aromatic carbocycles. The summed E-state index contributed by atoms with van der Waals surface area (Å²) in [6.45, 7) is 4.50. The van der Waals surface area contributed by atoms with Gasteiger partial charge in [0.15, 0.2) is 0 Å². The normalized spacial score (nSPS) is 14.7. The van der Waals surface area contributed by atoms with Gasteiger partial charge in [-0.05, 0) is 44.4 Å². The van der Waals surface area contributed by atoms with Gasteiger partial charge < -0.3 is 15.1 Å². The van der Waals surface area contributed by atoms with Crippen molar-refractivity contribution in [2.75, 3.05) is 51.4 Å². The highest BCUT2D eigenvalue weighted by Crippen LogP contribution is 2.37. The molecule has 3 rings (SSSR count). The molecule has 31 heavy (non-hydrogen) atoms. The molecule has 0 saturated carbocycles. The topological polar surface area (TPSA) is 79.0 Å². The van der Waals surface area contributed by atoms with Gasteiger partial charge in [0.2, 0.25) is 0 Å². The molecule has 1 saturated heterocycles. The number of benzene rings is 1. The second-order valence-corrected chi connectivity index (χ2v) is 9.31. The smallest absolute Gasteiger partial charge is 0.149 e. The van der Waals surface area contributed by atoms with Gasteiger partial charge in [-0.1, -0.05) is 24.3 Å². The minimum absolute atomic E-state index is 0.511. The van der Waals surface area contributed by atoms with Crippen LogP contribution in [0.2, 0.25) is 0 Å². The Labute approximate surface area is 193 Å². The molecule has 1 aromatic heterocycles. The number of nitrogens with one attached hydrogen (secondary N) is 1.